The molecule has 1 aliphatic rings. The van der Waals surface area contributed by atoms with E-state index in [0.29, 0.717) is 5.69 Å². The van der Waals surface area contributed by atoms with Gasteiger partial charge in [-0.05, 0) is 23.6 Å². The average molecular weight is 325 g/mol. The van der Waals surface area contributed by atoms with Gasteiger partial charge in [0.2, 0.25) is 5.92 Å². The third-order valence-corrected chi connectivity index (χ3v) is 3.60. The molecule has 23 heavy (non-hydrogen) atoms. The van der Waals surface area contributed by atoms with Crippen molar-refractivity contribution in [2.75, 3.05) is 19.5 Å². The number of esters is 2. The highest BCUT2D eigenvalue weighted by atomic mass is 19.3. The zero-order valence-corrected chi connectivity index (χ0v) is 12.8. The molecule has 0 atom stereocenters. The van der Waals surface area contributed by atoms with Gasteiger partial charge in [-0.25, -0.2) is 18.4 Å². The van der Waals surface area contributed by atoms with Crippen LogP contribution >= 0.6 is 0 Å². The van der Waals surface area contributed by atoms with Crippen molar-refractivity contribution in [2.24, 2.45) is 0 Å². The van der Waals surface area contributed by atoms with Gasteiger partial charge in [0.05, 0.1) is 20.3 Å². The van der Waals surface area contributed by atoms with Crippen LogP contribution in [0.5, 0.6) is 0 Å². The molecule has 0 heterocycles. The van der Waals surface area contributed by atoms with Crippen LogP contribution < -0.4 is 5.32 Å². The zero-order chi connectivity index (χ0) is 17.0. The maximum atomic E-state index is 13.0. The van der Waals surface area contributed by atoms with Crippen LogP contribution in [0.4, 0.5) is 14.5 Å². The average Bonchev–Trinajstić information content (AvgIpc) is 2.51. The summed E-state index contributed by atoms with van der Waals surface area (Å²) in [7, 11) is 2.37. The molecule has 7 heteroatoms. The van der Waals surface area contributed by atoms with Crippen molar-refractivity contribution in [3.63, 3.8) is 0 Å². The van der Waals surface area contributed by atoms with Gasteiger partial charge in [0, 0.05) is 18.5 Å². The second kappa shape index (κ2) is 6.76. The van der Waals surface area contributed by atoms with Gasteiger partial charge in [-0.3, -0.25) is 0 Å². The molecule has 0 spiro atoms. The minimum absolute atomic E-state index is 0.101. The van der Waals surface area contributed by atoms with E-state index >= 15 is 0 Å². The van der Waals surface area contributed by atoms with Gasteiger partial charge < -0.3 is 14.8 Å². The van der Waals surface area contributed by atoms with E-state index < -0.39 is 17.9 Å². The number of hydrogen-bond acceptors (Lipinski definition) is 5. The Balaban J connectivity index is 2.16. The number of halogens is 2. The Labute approximate surface area is 132 Å². The number of nitrogens with one attached hydrogen (secondary N) is 1. The first-order chi connectivity index (χ1) is 10.8. The minimum Gasteiger partial charge on any atom is -0.466 e. The molecule has 1 N–H and O–H groups in total. The van der Waals surface area contributed by atoms with Gasteiger partial charge >= 0.3 is 11.9 Å². The maximum absolute atomic E-state index is 13.0. The first kappa shape index (κ1) is 16.9. The number of carbonyl (C=O) groups excluding carboxylic acids is 2. The molecule has 0 radical (unpaired) electrons. The van der Waals surface area contributed by atoms with E-state index in [2.05, 4.69) is 14.8 Å². The van der Waals surface area contributed by atoms with Crippen LogP contribution in [-0.2, 0) is 19.1 Å². The molecule has 2 rings (SSSR count). The van der Waals surface area contributed by atoms with E-state index in [-0.39, 0.29) is 24.5 Å². The monoisotopic (exact) mass is 325 g/mol. The van der Waals surface area contributed by atoms with Gasteiger partial charge in [-0.2, -0.15) is 0 Å². The van der Waals surface area contributed by atoms with Crippen LogP contribution in [0, 0.1) is 0 Å². The van der Waals surface area contributed by atoms with Crippen LogP contribution in [0.15, 0.2) is 36.0 Å². The number of alkyl halides is 2. The number of ether oxygens (including phenoxy) is 2. The van der Waals surface area contributed by atoms with E-state index in [9.17, 15) is 18.4 Å². The number of methoxy groups -OCH3 is 2. The van der Waals surface area contributed by atoms with Crippen LogP contribution in [0.3, 0.4) is 0 Å². The lowest BCUT2D eigenvalue weighted by Crippen LogP contribution is -2.33. The third-order valence-electron chi connectivity index (χ3n) is 3.60. The molecule has 1 saturated carbocycles. The highest BCUT2D eigenvalue weighted by molar-refractivity contribution is 5.98. The normalized spacial score (nSPS) is 17.1. The van der Waals surface area contributed by atoms with Gasteiger partial charge in [-0.15, -0.1) is 0 Å². The topological polar surface area (TPSA) is 64.6 Å². The summed E-state index contributed by atoms with van der Waals surface area (Å²) in [4.78, 5) is 23.0. The van der Waals surface area contributed by atoms with E-state index in [1.807, 2.05) is 0 Å². The zero-order valence-electron chi connectivity index (χ0n) is 12.8. The summed E-state index contributed by atoms with van der Waals surface area (Å²) >= 11 is 0. The molecule has 1 fully saturated rings. The van der Waals surface area contributed by atoms with Crippen molar-refractivity contribution in [1.29, 1.82) is 0 Å². The van der Waals surface area contributed by atoms with Crippen molar-refractivity contribution >= 4 is 17.6 Å². The predicted molar refractivity (Wildman–Crippen MR) is 79.1 cm³/mol. The van der Waals surface area contributed by atoms with Crippen LogP contribution in [0.2, 0.25) is 0 Å². The van der Waals surface area contributed by atoms with Crippen molar-refractivity contribution in [3.05, 3.63) is 41.6 Å². The van der Waals surface area contributed by atoms with Crippen molar-refractivity contribution in [1.82, 2.24) is 0 Å². The number of rotatable bonds is 5. The first-order valence-electron chi connectivity index (χ1n) is 6.97. The van der Waals surface area contributed by atoms with E-state index in [4.69, 9.17) is 0 Å². The standard InChI is InChI=1S/C16H17F2NO4/c1-22-14(20)7-13(15(21)23-2)19-12-5-3-4-10(6-12)11-8-16(17,18)9-11/h3-7,11,19H,8-9H2,1-2H3/b13-7+. The number of anilines is 1. The highest BCUT2D eigenvalue weighted by Gasteiger charge is 2.45. The molecule has 124 valence electrons. The Bertz CT molecular complexity index is 635. The predicted octanol–water partition coefficient (Wildman–Crippen LogP) is 2.84. The summed E-state index contributed by atoms with van der Waals surface area (Å²) in [5, 5.41) is 2.76. The fourth-order valence-corrected chi connectivity index (χ4v) is 2.36. The fraction of sp³-hybridized carbons (Fsp3) is 0.375. The fourth-order valence-electron chi connectivity index (χ4n) is 2.36. The third kappa shape index (κ3) is 4.28. The van der Waals surface area contributed by atoms with E-state index in [1.165, 1.54) is 14.2 Å². The molecular formula is C16H17F2NO4. The number of benzene rings is 1. The lowest BCUT2D eigenvalue weighted by atomic mass is 9.77. The van der Waals surface area contributed by atoms with Crippen LogP contribution in [-0.4, -0.2) is 32.1 Å². The molecule has 0 unspecified atom stereocenters. The van der Waals surface area contributed by atoms with E-state index in [1.54, 1.807) is 24.3 Å². The second-order valence-corrected chi connectivity index (χ2v) is 5.28. The molecule has 5 nitrogen and oxygen atoms in total. The highest BCUT2D eigenvalue weighted by Crippen LogP contribution is 2.48. The summed E-state index contributed by atoms with van der Waals surface area (Å²) < 4.78 is 35.0. The van der Waals surface area contributed by atoms with Crippen molar-refractivity contribution in [2.45, 2.75) is 24.7 Å². The van der Waals surface area contributed by atoms with Crippen LogP contribution in [0.1, 0.15) is 24.3 Å². The smallest absolute Gasteiger partial charge is 0.354 e. The van der Waals surface area contributed by atoms with E-state index in [0.717, 1.165) is 11.6 Å². The largest absolute Gasteiger partial charge is 0.466 e. The molecule has 0 aliphatic heterocycles. The van der Waals surface area contributed by atoms with Crippen molar-refractivity contribution in [3.8, 4) is 0 Å². The Hall–Kier alpha value is -2.44. The maximum Gasteiger partial charge on any atom is 0.354 e. The lowest BCUT2D eigenvalue weighted by Gasteiger charge is -2.35. The summed E-state index contributed by atoms with van der Waals surface area (Å²) in [5.74, 6) is -4.27. The van der Waals surface area contributed by atoms with Gasteiger partial charge in [-0.1, -0.05) is 12.1 Å². The quantitative estimate of drug-likeness (QED) is 0.666. The first-order valence-corrected chi connectivity index (χ1v) is 6.97. The molecular weight excluding hydrogens is 308 g/mol. The summed E-state index contributed by atoms with van der Waals surface area (Å²) in [5.41, 5.74) is 1.15. The Morgan fingerprint density at radius 2 is 1.96 bits per heavy atom. The number of hydrogen-bond donors (Lipinski definition) is 1. The van der Waals surface area contributed by atoms with Gasteiger partial charge in [0.25, 0.3) is 0 Å². The molecule has 0 amide bonds. The Morgan fingerprint density at radius 1 is 1.26 bits per heavy atom. The lowest BCUT2D eigenvalue weighted by molar-refractivity contribution is -0.138. The summed E-state index contributed by atoms with van der Waals surface area (Å²) in [6, 6.07) is 6.79. The Kier molecular flexibility index (Phi) is 4.98. The Morgan fingerprint density at radius 3 is 2.52 bits per heavy atom. The molecule has 0 saturated heterocycles. The molecule has 0 bridgehead atoms. The summed E-state index contributed by atoms with van der Waals surface area (Å²) in [6.07, 6.45) is 0.604. The van der Waals surface area contributed by atoms with Gasteiger partial charge in [0.1, 0.15) is 5.70 Å². The molecule has 0 aromatic heterocycles. The SMILES string of the molecule is COC(=O)/C=C(/Nc1cccc(C2CC(F)(F)C2)c1)C(=O)OC. The second-order valence-electron chi connectivity index (χ2n) is 5.28. The molecule has 1 aliphatic carbocycles. The number of carbonyl (C=O) groups is 2. The summed E-state index contributed by atoms with van der Waals surface area (Å²) in [6.45, 7) is 0. The minimum atomic E-state index is -2.60. The molecule has 1 aromatic carbocycles. The molecule has 1 aromatic rings. The van der Waals surface area contributed by atoms with Crippen molar-refractivity contribution < 1.29 is 27.8 Å². The van der Waals surface area contributed by atoms with Crippen LogP contribution in [0.25, 0.3) is 0 Å². The van der Waals surface area contributed by atoms with Gasteiger partial charge in [0.15, 0.2) is 0 Å².